The van der Waals surface area contributed by atoms with Crippen LogP contribution in [0.25, 0.3) is 28.2 Å². The molecule has 256 valence electrons. The molecular formula is C42H45N5O3. The van der Waals surface area contributed by atoms with Gasteiger partial charge >= 0.3 is 0 Å². The third kappa shape index (κ3) is 5.78. The molecule has 2 aromatic heterocycles. The fraction of sp³-hybridized carbons (Fsp3) is 0.286. The second kappa shape index (κ2) is 13.3. The van der Waals surface area contributed by atoms with Crippen molar-refractivity contribution in [3.63, 3.8) is 0 Å². The van der Waals surface area contributed by atoms with E-state index in [-0.39, 0.29) is 16.9 Å². The molecule has 1 aliphatic rings. The Kier molecular flexibility index (Phi) is 8.84. The van der Waals surface area contributed by atoms with Gasteiger partial charge in [0.2, 0.25) is 5.78 Å². The molecule has 0 saturated carbocycles. The van der Waals surface area contributed by atoms with Crippen molar-refractivity contribution >= 4 is 23.0 Å². The van der Waals surface area contributed by atoms with Gasteiger partial charge in [-0.3, -0.25) is 9.69 Å². The molecule has 50 heavy (non-hydrogen) atoms. The van der Waals surface area contributed by atoms with Gasteiger partial charge in [0.05, 0.1) is 0 Å². The van der Waals surface area contributed by atoms with Crippen LogP contribution in [0.2, 0.25) is 0 Å². The standard InChI is InChI=1S/C42H45N5O3/c1-7-45(8-2)29-22-23-35(27(3)24-29)46(38(50-49)25-34-32-20-14-12-18-30(32)31-19-13-15-21-33(31)34)40-39(28-16-10-9-11-17-28)44-41-43-36(42(4,5)6)26-37(48)47(40)41/h9-24,26,34,38,49H,7-8,25H2,1-6H3,(H,43,44). The number of anilines is 3. The molecule has 7 rings (SSSR count). The number of H-pyrrole nitrogens is 1. The van der Waals surface area contributed by atoms with Crippen molar-refractivity contribution in [3.05, 3.63) is 136 Å². The minimum absolute atomic E-state index is 0.0672. The molecule has 0 aliphatic heterocycles. The van der Waals surface area contributed by atoms with Crippen LogP contribution in [0.4, 0.5) is 17.2 Å². The van der Waals surface area contributed by atoms with Gasteiger partial charge in [0.25, 0.3) is 5.56 Å². The second-order valence-electron chi connectivity index (χ2n) is 14.1. The Labute approximate surface area is 293 Å². The summed E-state index contributed by atoms with van der Waals surface area (Å²) in [5, 5.41) is 11.0. The molecule has 0 bridgehead atoms. The number of nitrogens with zero attached hydrogens (tertiary/aromatic N) is 4. The van der Waals surface area contributed by atoms with E-state index in [0.29, 0.717) is 23.7 Å². The van der Waals surface area contributed by atoms with Crippen LogP contribution in [0.15, 0.2) is 108 Å². The molecule has 0 fully saturated rings. The summed E-state index contributed by atoms with van der Waals surface area (Å²) in [5.41, 5.74) is 9.30. The van der Waals surface area contributed by atoms with Crippen molar-refractivity contribution < 1.29 is 10.1 Å². The van der Waals surface area contributed by atoms with Crippen molar-refractivity contribution in [2.75, 3.05) is 22.9 Å². The van der Waals surface area contributed by atoms with Crippen molar-refractivity contribution in [2.45, 2.75) is 65.5 Å². The van der Waals surface area contributed by atoms with Crippen LogP contribution in [0.3, 0.4) is 0 Å². The topological polar surface area (TPSA) is 86.1 Å². The highest BCUT2D eigenvalue weighted by Crippen LogP contribution is 2.49. The summed E-state index contributed by atoms with van der Waals surface area (Å²) in [6.07, 6.45) is -0.498. The van der Waals surface area contributed by atoms with Gasteiger partial charge in [0.15, 0.2) is 12.0 Å². The lowest BCUT2D eigenvalue weighted by Crippen LogP contribution is -2.37. The monoisotopic (exact) mass is 667 g/mol. The average Bonchev–Trinajstić information content (AvgIpc) is 3.66. The van der Waals surface area contributed by atoms with E-state index in [9.17, 15) is 10.1 Å². The average molecular weight is 668 g/mol. The maximum atomic E-state index is 14.3. The van der Waals surface area contributed by atoms with Crippen molar-refractivity contribution in [3.8, 4) is 22.4 Å². The first-order valence-corrected chi connectivity index (χ1v) is 17.5. The molecule has 1 atom stereocenters. The molecule has 8 nitrogen and oxygen atoms in total. The van der Waals surface area contributed by atoms with Gasteiger partial charge in [-0.15, -0.1) is 0 Å². The Bertz CT molecular complexity index is 2170. The zero-order chi connectivity index (χ0) is 35.2. The van der Waals surface area contributed by atoms with Crippen LogP contribution in [0.1, 0.15) is 69.3 Å². The van der Waals surface area contributed by atoms with E-state index in [0.717, 1.165) is 41.3 Å². The number of benzene rings is 4. The van der Waals surface area contributed by atoms with E-state index < -0.39 is 6.23 Å². The predicted molar refractivity (Wildman–Crippen MR) is 203 cm³/mol. The Morgan fingerprint density at radius 3 is 2.08 bits per heavy atom. The van der Waals surface area contributed by atoms with E-state index in [1.54, 1.807) is 10.5 Å². The van der Waals surface area contributed by atoms with Gasteiger partial charge in [-0.25, -0.2) is 19.5 Å². The maximum absolute atomic E-state index is 14.3. The zero-order valence-electron chi connectivity index (χ0n) is 29.6. The zero-order valence-corrected chi connectivity index (χ0v) is 29.6. The summed E-state index contributed by atoms with van der Waals surface area (Å²) in [4.78, 5) is 32.7. The van der Waals surface area contributed by atoms with E-state index in [2.05, 4.69) is 118 Å². The molecule has 4 aromatic carbocycles. The molecule has 0 radical (unpaired) electrons. The van der Waals surface area contributed by atoms with E-state index in [4.69, 9.17) is 9.87 Å². The molecule has 0 saturated heterocycles. The lowest BCUT2D eigenvalue weighted by Gasteiger charge is -2.34. The summed E-state index contributed by atoms with van der Waals surface area (Å²) in [6.45, 7) is 14.3. The highest BCUT2D eigenvalue weighted by Gasteiger charge is 2.37. The third-order valence-electron chi connectivity index (χ3n) is 10.0. The van der Waals surface area contributed by atoms with Crippen LogP contribution in [-0.2, 0) is 10.3 Å². The Hall–Kier alpha value is -5.18. The summed E-state index contributed by atoms with van der Waals surface area (Å²) >= 11 is 0. The molecule has 2 N–H and O–H groups in total. The number of aryl methyl sites for hydroxylation is 1. The van der Waals surface area contributed by atoms with E-state index >= 15 is 0 Å². The number of rotatable bonds is 10. The summed E-state index contributed by atoms with van der Waals surface area (Å²) in [5.74, 6) is 0.875. The predicted octanol–water partition coefficient (Wildman–Crippen LogP) is 9.30. The fourth-order valence-corrected chi connectivity index (χ4v) is 7.48. The second-order valence-corrected chi connectivity index (χ2v) is 14.1. The van der Waals surface area contributed by atoms with Gasteiger partial charge in [-0.1, -0.05) is 99.6 Å². The summed E-state index contributed by atoms with van der Waals surface area (Å²) in [6, 6.07) is 34.7. The quantitative estimate of drug-likeness (QED) is 0.0861. The Balaban J connectivity index is 1.49. The minimum atomic E-state index is -0.902. The molecule has 1 unspecified atom stereocenters. The normalized spacial score (nSPS) is 13.3. The van der Waals surface area contributed by atoms with Crippen LogP contribution in [-0.4, -0.2) is 38.9 Å². The molecule has 6 aromatic rings. The summed E-state index contributed by atoms with van der Waals surface area (Å²) < 4.78 is 1.62. The highest BCUT2D eigenvalue weighted by molar-refractivity contribution is 5.83. The van der Waals surface area contributed by atoms with E-state index in [1.165, 1.54) is 22.3 Å². The molecule has 1 aliphatic carbocycles. The molecule has 8 heteroatoms. The number of fused-ring (bicyclic) bond motifs is 4. The van der Waals surface area contributed by atoms with Gasteiger partial charge in [-0.05, 0) is 66.8 Å². The van der Waals surface area contributed by atoms with Crippen molar-refractivity contribution in [2.24, 2.45) is 0 Å². The van der Waals surface area contributed by atoms with Crippen LogP contribution in [0, 0.1) is 6.92 Å². The molecular weight excluding hydrogens is 622 g/mol. The van der Waals surface area contributed by atoms with E-state index in [1.807, 2.05) is 35.2 Å². The SMILES string of the molecule is CCN(CC)c1ccc(N(c2c(-c3ccccc3)nc3[nH]c(C(C)(C)C)cc(=O)n23)C(CC2c3ccccc3-c3ccccc32)OO)c(C)c1. The van der Waals surface area contributed by atoms with Gasteiger partial charge in [0, 0.05) is 59.5 Å². The van der Waals surface area contributed by atoms with Crippen LogP contribution < -0.4 is 15.4 Å². The van der Waals surface area contributed by atoms with Gasteiger partial charge in [0.1, 0.15) is 5.69 Å². The number of aromatic amines is 1. The third-order valence-corrected chi connectivity index (χ3v) is 10.0. The fourth-order valence-electron chi connectivity index (χ4n) is 7.48. The number of imidazole rings is 1. The number of hydrogen-bond donors (Lipinski definition) is 2. The molecule has 0 amide bonds. The molecule has 2 heterocycles. The Morgan fingerprint density at radius 2 is 1.50 bits per heavy atom. The first kappa shape index (κ1) is 33.3. The smallest absolute Gasteiger partial charge is 0.260 e. The lowest BCUT2D eigenvalue weighted by molar-refractivity contribution is -0.278. The lowest BCUT2D eigenvalue weighted by atomic mass is 9.92. The largest absolute Gasteiger partial charge is 0.372 e. The number of nitrogens with one attached hydrogen (secondary N) is 1. The van der Waals surface area contributed by atoms with Crippen LogP contribution in [0.5, 0.6) is 0 Å². The van der Waals surface area contributed by atoms with Crippen molar-refractivity contribution in [1.29, 1.82) is 0 Å². The first-order valence-electron chi connectivity index (χ1n) is 17.5. The number of hydrogen-bond acceptors (Lipinski definition) is 6. The summed E-state index contributed by atoms with van der Waals surface area (Å²) in [7, 11) is 0. The van der Waals surface area contributed by atoms with Crippen LogP contribution >= 0.6 is 0 Å². The Morgan fingerprint density at radius 1 is 0.880 bits per heavy atom. The van der Waals surface area contributed by atoms with Gasteiger partial charge in [-0.2, -0.15) is 0 Å². The minimum Gasteiger partial charge on any atom is -0.372 e. The molecule has 0 spiro atoms. The first-order chi connectivity index (χ1) is 24.1. The maximum Gasteiger partial charge on any atom is 0.260 e. The van der Waals surface area contributed by atoms with Crippen molar-refractivity contribution in [1.82, 2.24) is 14.4 Å². The van der Waals surface area contributed by atoms with Gasteiger partial charge < -0.3 is 9.88 Å². The number of aromatic nitrogens is 3. The highest BCUT2D eigenvalue weighted by atomic mass is 17.1.